The third-order valence-electron chi connectivity index (χ3n) is 5.83. The summed E-state index contributed by atoms with van der Waals surface area (Å²) in [5, 5.41) is 37.1. The van der Waals surface area contributed by atoms with Crippen LogP contribution in [0.15, 0.2) is 35.9 Å². The number of phenols is 1. The maximum atomic E-state index is 12.9. The number of fused-ring (bicyclic) bond motifs is 5. The Kier molecular flexibility index (Phi) is 8.19. The summed E-state index contributed by atoms with van der Waals surface area (Å²) in [4.78, 5) is 50.5. The Labute approximate surface area is 196 Å². The van der Waals surface area contributed by atoms with Crippen molar-refractivity contribution in [1.29, 1.82) is 0 Å². The van der Waals surface area contributed by atoms with Crippen LogP contribution >= 0.6 is 0 Å². The van der Waals surface area contributed by atoms with Gasteiger partial charge in [-0.15, -0.1) is 0 Å². The number of allylic oxidation sites excluding steroid dienone is 3. The highest BCUT2D eigenvalue weighted by atomic mass is 16.3. The highest BCUT2D eigenvalue weighted by Gasteiger charge is 2.27. The van der Waals surface area contributed by atoms with Crippen LogP contribution in [-0.4, -0.2) is 70.2 Å². The molecule has 3 amide bonds. The Morgan fingerprint density at radius 3 is 2.65 bits per heavy atom. The van der Waals surface area contributed by atoms with Crippen LogP contribution in [0.2, 0.25) is 0 Å². The van der Waals surface area contributed by atoms with Crippen LogP contribution in [0.1, 0.15) is 37.3 Å². The molecule has 0 saturated heterocycles. The summed E-state index contributed by atoms with van der Waals surface area (Å²) in [7, 11) is 0. The third kappa shape index (κ3) is 6.30. The number of nitrogens with one attached hydrogen (secondary N) is 3. The van der Waals surface area contributed by atoms with Crippen molar-refractivity contribution in [2.75, 3.05) is 13.2 Å². The topological polar surface area (TPSA) is 165 Å². The maximum Gasteiger partial charge on any atom is 0.243 e. The molecule has 0 fully saturated rings. The largest absolute Gasteiger partial charge is 0.507 e. The zero-order chi connectivity index (χ0) is 24.8. The number of hydrogen-bond acceptors (Lipinski definition) is 7. The molecule has 3 atom stereocenters. The summed E-state index contributed by atoms with van der Waals surface area (Å²) in [6.07, 6.45) is 2.71. The number of ketones is 1. The molecule has 1 aliphatic carbocycles. The number of benzene rings is 1. The van der Waals surface area contributed by atoms with E-state index >= 15 is 0 Å². The van der Waals surface area contributed by atoms with Crippen LogP contribution in [0.4, 0.5) is 0 Å². The zero-order valence-corrected chi connectivity index (χ0v) is 18.8. The average molecular weight is 472 g/mol. The number of amides is 3. The van der Waals surface area contributed by atoms with Crippen LogP contribution in [-0.2, 0) is 25.6 Å². The fourth-order valence-electron chi connectivity index (χ4n) is 3.86. The lowest BCUT2D eigenvalue weighted by Gasteiger charge is -2.24. The Morgan fingerprint density at radius 2 is 1.94 bits per heavy atom. The lowest BCUT2D eigenvalue weighted by atomic mass is 9.96. The molecular weight excluding hydrogens is 442 g/mol. The van der Waals surface area contributed by atoms with E-state index in [0.29, 0.717) is 23.1 Å². The molecular formula is C24H29N3O7. The SMILES string of the molecule is CC(O)C(CO)NC(=O)C1CC2=CCC(=O)C(=CC2)c2cc(ccc2O)CC(=O)NCC(=O)N1. The second kappa shape index (κ2) is 11.1. The van der Waals surface area contributed by atoms with E-state index < -0.39 is 42.5 Å². The molecule has 10 nitrogen and oxygen atoms in total. The zero-order valence-electron chi connectivity index (χ0n) is 18.8. The van der Waals surface area contributed by atoms with E-state index in [1.54, 1.807) is 24.3 Å². The number of carbonyl (C=O) groups is 4. The molecule has 1 aliphatic heterocycles. The second-order valence-electron chi connectivity index (χ2n) is 8.48. The fraction of sp³-hybridized carbons (Fsp3) is 0.417. The van der Waals surface area contributed by atoms with Gasteiger partial charge in [-0.1, -0.05) is 23.8 Å². The molecule has 1 aromatic carbocycles. The lowest BCUT2D eigenvalue weighted by Crippen LogP contribution is -2.54. The minimum Gasteiger partial charge on any atom is -0.507 e. The highest BCUT2D eigenvalue weighted by molar-refractivity contribution is 6.22. The molecule has 3 unspecified atom stereocenters. The van der Waals surface area contributed by atoms with E-state index in [9.17, 15) is 34.5 Å². The van der Waals surface area contributed by atoms with Gasteiger partial charge in [-0.3, -0.25) is 19.2 Å². The third-order valence-corrected chi connectivity index (χ3v) is 5.83. The van der Waals surface area contributed by atoms with Crippen molar-refractivity contribution in [3.63, 3.8) is 0 Å². The van der Waals surface area contributed by atoms with Crippen LogP contribution in [0, 0.1) is 0 Å². The Balaban J connectivity index is 1.94. The van der Waals surface area contributed by atoms with E-state index in [-0.39, 0.29) is 37.3 Å². The van der Waals surface area contributed by atoms with E-state index in [0.717, 1.165) is 5.57 Å². The van der Waals surface area contributed by atoms with Crippen molar-refractivity contribution in [3.8, 4) is 5.75 Å². The summed E-state index contributed by atoms with van der Waals surface area (Å²) < 4.78 is 0. The Hall–Kier alpha value is -3.50. The number of aromatic hydroxyl groups is 1. The van der Waals surface area contributed by atoms with Crippen LogP contribution in [0.3, 0.4) is 0 Å². The van der Waals surface area contributed by atoms with Gasteiger partial charge in [-0.25, -0.2) is 0 Å². The summed E-state index contributed by atoms with van der Waals surface area (Å²) in [6.45, 7) is 0.571. The molecule has 0 spiro atoms. The standard InChI is InChI=1S/C24H29N3O7/c1-13(29)19(12-28)27-24(34)18-9-14-2-5-16(20(30)6-3-14)17-8-15(4-7-21(17)31)10-22(32)25-11-23(33)26-18/h3-5,7-8,13,18-19,28-29,31H,2,6,9-12H2,1H3,(H,25,32)(H,26,33)(H,27,34). The van der Waals surface area contributed by atoms with Crippen LogP contribution in [0.5, 0.6) is 5.75 Å². The molecule has 6 N–H and O–H groups in total. The van der Waals surface area contributed by atoms with Gasteiger partial charge >= 0.3 is 0 Å². The molecule has 0 aromatic heterocycles. The van der Waals surface area contributed by atoms with E-state index in [1.807, 2.05) is 0 Å². The number of hydrogen-bond donors (Lipinski definition) is 6. The monoisotopic (exact) mass is 471 g/mol. The minimum absolute atomic E-state index is 0.0422. The first kappa shape index (κ1) is 25.1. The van der Waals surface area contributed by atoms with Gasteiger partial charge < -0.3 is 31.3 Å². The van der Waals surface area contributed by atoms with Crippen molar-refractivity contribution in [2.24, 2.45) is 0 Å². The highest BCUT2D eigenvalue weighted by Crippen LogP contribution is 2.31. The number of phenolic OH excluding ortho intramolecular Hbond substituents is 1. The Bertz CT molecular complexity index is 1050. The van der Waals surface area contributed by atoms with Crippen molar-refractivity contribution in [3.05, 3.63) is 47.1 Å². The summed E-state index contributed by atoms with van der Waals surface area (Å²) >= 11 is 0. The van der Waals surface area contributed by atoms with E-state index in [4.69, 9.17) is 0 Å². The average Bonchev–Trinajstić information content (AvgIpc) is 2.97. The van der Waals surface area contributed by atoms with Crippen molar-refractivity contribution in [1.82, 2.24) is 16.0 Å². The van der Waals surface area contributed by atoms with Gasteiger partial charge in [0.25, 0.3) is 0 Å². The second-order valence-corrected chi connectivity index (χ2v) is 8.48. The molecule has 0 radical (unpaired) electrons. The predicted molar refractivity (Wildman–Crippen MR) is 122 cm³/mol. The van der Waals surface area contributed by atoms with Gasteiger partial charge in [0.1, 0.15) is 11.8 Å². The Morgan fingerprint density at radius 1 is 1.18 bits per heavy atom. The van der Waals surface area contributed by atoms with Gasteiger partial charge in [0.15, 0.2) is 5.78 Å². The molecule has 182 valence electrons. The molecule has 10 heteroatoms. The summed E-state index contributed by atoms with van der Waals surface area (Å²) in [5.41, 5.74) is 1.93. The number of Topliss-reactive ketones (excluding diaryl/α,β-unsaturated/α-hetero) is 1. The smallest absolute Gasteiger partial charge is 0.243 e. The predicted octanol–water partition coefficient (Wildman–Crippen LogP) is -0.530. The molecule has 1 heterocycles. The first-order valence-corrected chi connectivity index (χ1v) is 11.1. The van der Waals surface area contributed by atoms with E-state index in [1.165, 1.54) is 13.0 Å². The summed E-state index contributed by atoms with van der Waals surface area (Å²) in [6, 6.07) is 2.60. The molecule has 0 saturated carbocycles. The van der Waals surface area contributed by atoms with Crippen LogP contribution in [0.25, 0.3) is 5.57 Å². The quantitative estimate of drug-likeness (QED) is 0.321. The van der Waals surface area contributed by atoms with Gasteiger partial charge in [0.2, 0.25) is 17.7 Å². The minimum atomic E-state index is -1.06. The van der Waals surface area contributed by atoms with Crippen LogP contribution < -0.4 is 16.0 Å². The van der Waals surface area contributed by atoms with Crippen molar-refractivity contribution >= 4 is 29.1 Å². The lowest BCUT2D eigenvalue weighted by molar-refractivity contribution is -0.130. The van der Waals surface area contributed by atoms with Crippen molar-refractivity contribution < 1.29 is 34.5 Å². The van der Waals surface area contributed by atoms with Gasteiger partial charge in [0.05, 0.1) is 31.7 Å². The van der Waals surface area contributed by atoms with Gasteiger partial charge in [-0.05, 0) is 37.5 Å². The molecule has 3 rings (SSSR count). The van der Waals surface area contributed by atoms with Gasteiger partial charge in [0, 0.05) is 17.6 Å². The first-order chi connectivity index (χ1) is 16.2. The molecule has 1 aromatic rings. The first-order valence-electron chi connectivity index (χ1n) is 11.1. The van der Waals surface area contributed by atoms with Crippen molar-refractivity contribution in [2.45, 2.75) is 50.8 Å². The number of aliphatic hydroxyl groups is 2. The summed E-state index contributed by atoms with van der Waals surface area (Å²) in [5.74, 6) is -1.96. The van der Waals surface area contributed by atoms with Gasteiger partial charge in [-0.2, -0.15) is 0 Å². The number of aliphatic hydroxyl groups excluding tert-OH is 2. The molecule has 2 aliphatic rings. The molecule has 34 heavy (non-hydrogen) atoms. The number of rotatable bonds is 4. The normalized spacial score (nSPS) is 21.0. The maximum absolute atomic E-state index is 12.9. The number of carbonyl (C=O) groups excluding carboxylic acids is 4. The fourth-order valence-corrected chi connectivity index (χ4v) is 3.86. The molecule has 4 bridgehead atoms. The van der Waals surface area contributed by atoms with E-state index in [2.05, 4.69) is 16.0 Å².